The highest BCUT2D eigenvalue weighted by atomic mass is 16.5. The zero-order valence-electron chi connectivity index (χ0n) is 19.4. The first-order chi connectivity index (χ1) is 16.4. The minimum atomic E-state index is -0.821. The Morgan fingerprint density at radius 2 is 1.76 bits per heavy atom. The third-order valence-electron chi connectivity index (χ3n) is 5.92. The van der Waals surface area contributed by atoms with Crippen LogP contribution in [0.25, 0.3) is 0 Å². The molecule has 0 radical (unpaired) electrons. The molecule has 1 aliphatic heterocycles. The monoisotopic (exact) mass is 459 g/mol. The Labute approximate surface area is 197 Å². The van der Waals surface area contributed by atoms with Gasteiger partial charge in [-0.2, -0.15) is 5.26 Å². The highest BCUT2D eigenvalue weighted by Gasteiger charge is 2.37. The lowest BCUT2D eigenvalue weighted by molar-refractivity contribution is 0.321. The quantitative estimate of drug-likeness (QED) is 0.601. The minimum absolute atomic E-state index is 0.0588. The Bertz CT molecular complexity index is 1370. The van der Waals surface area contributed by atoms with E-state index < -0.39 is 5.92 Å². The number of nitrogens with zero attached hydrogens (tertiary/aromatic N) is 2. The molecule has 8 nitrogen and oxygen atoms in total. The number of benzene rings is 2. The second kappa shape index (κ2) is 9.24. The molecule has 0 fully saturated rings. The topological polar surface area (TPSA) is 109 Å². The average Bonchev–Trinajstić information content (AvgIpc) is 2.85. The van der Waals surface area contributed by atoms with E-state index in [0.717, 1.165) is 5.56 Å². The Morgan fingerprint density at radius 1 is 1.06 bits per heavy atom. The molecule has 0 bridgehead atoms. The SMILES string of the molecule is COc1ccc(C2C(C#N)=C(N)Oc3cc(C)n(Cc4ccccc4)c(=O)c32)c(OC)c1OC. The third kappa shape index (κ3) is 3.71. The first-order valence-electron chi connectivity index (χ1n) is 10.6. The lowest BCUT2D eigenvalue weighted by Crippen LogP contribution is -2.33. The molecule has 1 aliphatic rings. The summed E-state index contributed by atoms with van der Waals surface area (Å²) in [5, 5.41) is 9.99. The van der Waals surface area contributed by atoms with Gasteiger partial charge < -0.3 is 29.2 Å². The van der Waals surface area contributed by atoms with Gasteiger partial charge >= 0.3 is 0 Å². The van der Waals surface area contributed by atoms with Gasteiger partial charge in [-0.25, -0.2) is 0 Å². The van der Waals surface area contributed by atoms with Crippen molar-refractivity contribution in [1.82, 2.24) is 4.57 Å². The van der Waals surface area contributed by atoms with E-state index in [1.807, 2.05) is 37.3 Å². The number of nitriles is 1. The molecule has 2 N–H and O–H groups in total. The minimum Gasteiger partial charge on any atom is -0.493 e. The van der Waals surface area contributed by atoms with E-state index in [9.17, 15) is 10.1 Å². The van der Waals surface area contributed by atoms with E-state index in [2.05, 4.69) is 6.07 Å². The molecular formula is C26H25N3O5. The maximum absolute atomic E-state index is 13.9. The molecule has 34 heavy (non-hydrogen) atoms. The maximum Gasteiger partial charge on any atom is 0.259 e. The summed E-state index contributed by atoms with van der Waals surface area (Å²) in [7, 11) is 4.50. The molecule has 1 unspecified atom stereocenters. The van der Waals surface area contributed by atoms with Crippen LogP contribution in [0.5, 0.6) is 23.0 Å². The van der Waals surface area contributed by atoms with E-state index in [1.165, 1.54) is 21.3 Å². The van der Waals surface area contributed by atoms with Gasteiger partial charge in [-0.1, -0.05) is 36.4 Å². The molecule has 0 saturated carbocycles. The van der Waals surface area contributed by atoms with E-state index >= 15 is 0 Å². The second-order valence-corrected chi connectivity index (χ2v) is 7.79. The van der Waals surface area contributed by atoms with Crippen molar-refractivity contribution in [3.8, 4) is 29.1 Å². The summed E-state index contributed by atoms with van der Waals surface area (Å²) < 4.78 is 24.0. The molecule has 4 rings (SSSR count). The summed E-state index contributed by atoms with van der Waals surface area (Å²) in [4.78, 5) is 13.9. The molecular weight excluding hydrogens is 434 g/mol. The lowest BCUT2D eigenvalue weighted by atomic mass is 9.83. The molecule has 3 aromatic rings. The second-order valence-electron chi connectivity index (χ2n) is 7.79. The van der Waals surface area contributed by atoms with E-state index in [1.54, 1.807) is 22.8 Å². The number of nitrogens with two attached hydrogens (primary N) is 1. The van der Waals surface area contributed by atoms with Crippen LogP contribution in [0.4, 0.5) is 0 Å². The van der Waals surface area contributed by atoms with Crippen LogP contribution in [0.15, 0.2) is 64.8 Å². The van der Waals surface area contributed by atoms with Gasteiger partial charge in [-0.3, -0.25) is 4.79 Å². The van der Waals surface area contributed by atoms with Crippen LogP contribution in [0.2, 0.25) is 0 Å². The largest absolute Gasteiger partial charge is 0.493 e. The number of aromatic nitrogens is 1. The van der Waals surface area contributed by atoms with Gasteiger partial charge in [-0.05, 0) is 18.6 Å². The van der Waals surface area contributed by atoms with Gasteiger partial charge in [0.1, 0.15) is 17.4 Å². The molecule has 1 atom stereocenters. The number of hydrogen-bond acceptors (Lipinski definition) is 7. The number of pyridine rings is 1. The van der Waals surface area contributed by atoms with Crippen molar-refractivity contribution < 1.29 is 18.9 Å². The molecule has 1 aromatic heterocycles. The van der Waals surface area contributed by atoms with Crippen molar-refractivity contribution in [2.75, 3.05) is 21.3 Å². The van der Waals surface area contributed by atoms with E-state index in [-0.39, 0.29) is 17.0 Å². The van der Waals surface area contributed by atoms with E-state index in [0.29, 0.717) is 46.4 Å². The zero-order valence-corrected chi connectivity index (χ0v) is 19.4. The first kappa shape index (κ1) is 22.8. The van der Waals surface area contributed by atoms with Gasteiger partial charge in [0.05, 0.1) is 39.4 Å². The summed E-state index contributed by atoms with van der Waals surface area (Å²) in [5.41, 5.74) is 8.50. The molecule has 2 heterocycles. The summed E-state index contributed by atoms with van der Waals surface area (Å²) in [6.45, 7) is 2.20. The Hall–Kier alpha value is -4.38. The van der Waals surface area contributed by atoms with Gasteiger partial charge in [0.2, 0.25) is 11.6 Å². The molecule has 0 spiro atoms. The van der Waals surface area contributed by atoms with Crippen molar-refractivity contribution in [3.63, 3.8) is 0 Å². The Morgan fingerprint density at radius 3 is 2.38 bits per heavy atom. The fourth-order valence-electron chi connectivity index (χ4n) is 4.31. The van der Waals surface area contributed by atoms with Crippen molar-refractivity contribution in [2.45, 2.75) is 19.4 Å². The highest BCUT2D eigenvalue weighted by molar-refractivity contribution is 5.64. The number of aryl methyl sites for hydroxylation is 1. The first-order valence-corrected chi connectivity index (χ1v) is 10.6. The zero-order chi connectivity index (χ0) is 24.4. The van der Waals surface area contributed by atoms with Gasteiger partial charge in [-0.15, -0.1) is 0 Å². The van der Waals surface area contributed by atoms with Crippen LogP contribution in [-0.2, 0) is 6.54 Å². The number of methoxy groups -OCH3 is 3. The van der Waals surface area contributed by atoms with Crippen LogP contribution in [0, 0.1) is 18.3 Å². The van der Waals surface area contributed by atoms with Crippen LogP contribution < -0.4 is 30.2 Å². The number of fused-ring (bicyclic) bond motifs is 1. The van der Waals surface area contributed by atoms with Crippen LogP contribution >= 0.6 is 0 Å². The number of ether oxygens (including phenoxy) is 4. The van der Waals surface area contributed by atoms with Crippen molar-refractivity contribution in [3.05, 3.63) is 92.7 Å². The van der Waals surface area contributed by atoms with Gasteiger partial charge in [0, 0.05) is 17.3 Å². The third-order valence-corrected chi connectivity index (χ3v) is 5.92. The van der Waals surface area contributed by atoms with Crippen molar-refractivity contribution in [1.29, 1.82) is 5.26 Å². The lowest BCUT2D eigenvalue weighted by Gasteiger charge is -2.29. The van der Waals surface area contributed by atoms with Crippen LogP contribution in [-0.4, -0.2) is 25.9 Å². The fourth-order valence-corrected chi connectivity index (χ4v) is 4.31. The molecule has 2 aromatic carbocycles. The Balaban J connectivity index is 2.00. The highest BCUT2D eigenvalue weighted by Crippen LogP contribution is 2.48. The maximum atomic E-state index is 13.9. The number of rotatable bonds is 6. The van der Waals surface area contributed by atoms with Gasteiger partial charge in [0.25, 0.3) is 5.56 Å². The number of hydrogen-bond donors (Lipinski definition) is 1. The molecule has 8 heteroatoms. The Kier molecular flexibility index (Phi) is 6.19. The summed E-state index contributed by atoms with van der Waals surface area (Å²) >= 11 is 0. The molecule has 0 saturated heterocycles. The summed E-state index contributed by atoms with van der Waals surface area (Å²) in [6.07, 6.45) is 0. The van der Waals surface area contributed by atoms with Crippen molar-refractivity contribution in [2.24, 2.45) is 5.73 Å². The standard InChI is InChI=1S/C26H25N3O5/c1-15-12-20-22(26(30)29(15)14-16-8-6-5-7-9-16)21(18(13-27)25(28)34-20)17-10-11-19(31-2)24(33-4)23(17)32-3/h5-12,21H,14,28H2,1-4H3. The molecule has 0 aliphatic carbocycles. The average molecular weight is 460 g/mol. The van der Waals surface area contributed by atoms with Gasteiger partial charge in [0.15, 0.2) is 11.5 Å². The number of allylic oxidation sites excluding steroid dienone is 1. The normalized spacial score (nSPS) is 14.6. The summed E-state index contributed by atoms with van der Waals surface area (Å²) in [5.74, 6) is 0.578. The summed E-state index contributed by atoms with van der Waals surface area (Å²) in [6, 6.07) is 17.0. The smallest absolute Gasteiger partial charge is 0.259 e. The predicted molar refractivity (Wildman–Crippen MR) is 126 cm³/mol. The molecule has 174 valence electrons. The van der Waals surface area contributed by atoms with Crippen molar-refractivity contribution >= 4 is 0 Å². The van der Waals surface area contributed by atoms with Crippen LogP contribution in [0.3, 0.4) is 0 Å². The van der Waals surface area contributed by atoms with Crippen LogP contribution in [0.1, 0.15) is 28.3 Å². The fraction of sp³-hybridized carbons (Fsp3) is 0.231. The molecule has 0 amide bonds. The predicted octanol–water partition coefficient (Wildman–Crippen LogP) is 3.45. The van der Waals surface area contributed by atoms with E-state index in [4.69, 9.17) is 24.7 Å².